The summed E-state index contributed by atoms with van der Waals surface area (Å²) in [6, 6.07) is 0. The molecule has 0 spiro atoms. The summed E-state index contributed by atoms with van der Waals surface area (Å²) in [7, 11) is -2.15. The fourth-order valence-electron chi connectivity index (χ4n) is 0.888. The number of allylic oxidation sites excluding steroid dienone is 2. The Bertz CT molecular complexity index is 249. The van der Waals surface area contributed by atoms with Crippen molar-refractivity contribution in [2.75, 3.05) is 7.05 Å². The minimum atomic E-state index is -3.55. The van der Waals surface area contributed by atoms with Gasteiger partial charge in [0, 0.05) is 7.05 Å². The molecule has 0 amide bonds. The average Bonchev–Trinajstić information content (AvgIpc) is 2.04. The summed E-state index contributed by atoms with van der Waals surface area (Å²) in [6.45, 7) is 6.96. The van der Waals surface area contributed by atoms with Gasteiger partial charge in [0.25, 0.3) is 10.1 Å². The van der Waals surface area contributed by atoms with Crippen molar-refractivity contribution in [3.8, 4) is 0 Å². The van der Waals surface area contributed by atoms with Crippen molar-refractivity contribution in [3.05, 3.63) is 25.3 Å². The van der Waals surface area contributed by atoms with Crippen molar-refractivity contribution in [2.24, 2.45) is 0 Å². The van der Waals surface area contributed by atoms with Gasteiger partial charge in [0.2, 0.25) is 0 Å². The summed E-state index contributed by atoms with van der Waals surface area (Å²) in [5.74, 6) is 0. The Balaban J connectivity index is 4.50. The van der Waals surface area contributed by atoms with Gasteiger partial charge >= 0.3 is 0 Å². The molecule has 4 nitrogen and oxygen atoms in total. The average molecular weight is 205 g/mol. The maximum absolute atomic E-state index is 11.3. The second kappa shape index (κ2) is 5.90. The lowest BCUT2D eigenvalue weighted by Crippen LogP contribution is -2.27. The van der Waals surface area contributed by atoms with Gasteiger partial charge in [-0.1, -0.05) is 12.2 Å². The van der Waals surface area contributed by atoms with E-state index in [1.807, 2.05) is 0 Å². The maximum atomic E-state index is 11.3. The first-order valence-corrected chi connectivity index (χ1v) is 5.36. The third-order valence-corrected chi connectivity index (χ3v) is 3.07. The van der Waals surface area contributed by atoms with E-state index in [2.05, 4.69) is 22.9 Å². The predicted molar refractivity (Wildman–Crippen MR) is 52.5 cm³/mol. The van der Waals surface area contributed by atoms with Crippen LogP contribution in [0.4, 0.5) is 0 Å². The Morgan fingerprint density at radius 2 is 1.85 bits per heavy atom. The van der Waals surface area contributed by atoms with Crippen LogP contribution >= 0.6 is 0 Å². The van der Waals surface area contributed by atoms with Crippen molar-refractivity contribution < 1.29 is 12.7 Å². The van der Waals surface area contributed by atoms with E-state index in [-0.39, 0.29) is 0 Å². The Kier molecular flexibility index (Phi) is 5.61. The smallest absolute Gasteiger partial charge is 0.198 e. The third-order valence-electron chi connectivity index (χ3n) is 1.47. The zero-order chi connectivity index (χ0) is 10.3. The van der Waals surface area contributed by atoms with Gasteiger partial charge < -0.3 is 0 Å². The van der Waals surface area contributed by atoms with Gasteiger partial charge in [-0.3, -0.25) is 0 Å². The van der Waals surface area contributed by atoms with Gasteiger partial charge in [0.15, 0.2) is 0 Å². The van der Waals surface area contributed by atoms with E-state index in [4.69, 9.17) is 0 Å². The topological polar surface area (TPSA) is 55.4 Å². The van der Waals surface area contributed by atoms with Crippen molar-refractivity contribution in [1.29, 1.82) is 0 Å². The first-order chi connectivity index (χ1) is 6.08. The van der Waals surface area contributed by atoms with Gasteiger partial charge in [-0.05, 0) is 12.8 Å². The minimum absolute atomic E-state index is 0.357. The largest absolute Gasteiger partial charge is 0.286 e. The van der Waals surface area contributed by atoms with Crippen LogP contribution in [-0.2, 0) is 14.4 Å². The highest BCUT2D eigenvalue weighted by atomic mass is 32.2. The second-order valence-corrected chi connectivity index (χ2v) is 4.27. The molecule has 0 aliphatic carbocycles. The molecule has 0 bridgehead atoms. The quantitative estimate of drug-likeness (QED) is 0.497. The zero-order valence-corrected chi connectivity index (χ0v) is 8.51. The lowest BCUT2D eigenvalue weighted by atomic mass is 10.2. The molecule has 5 heteroatoms. The SMILES string of the molecule is C=CCC(CC=C)S(=O)(=O)ONC. The van der Waals surface area contributed by atoms with Gasteiger partial charge in [-0.25, -0.2) is 0 Å². The molecule has 0 aromatic carbocycles. The molecule has 0 saturated carbocycles. The van der Waals surface area contributed by atoms with Crippen LogP contribution in [0.5, 0.6) is 0 Å². The Morgan fingerprint density at radius 1 is 1.38 bits per heavy atom. The highest BCUT2D eigenvalue weighted by Gasteiger charge is 2.23. The maximum Gasteiger partial charge on any atom is 0.286 e. The Morgan fingerprint density at radius 3 is 2.15 bits per heavy atom. The van der Waals surface area contributed by atoms with Crippen LogP contribution in [-0.4, -0.2) is 20.7 Å². The van der Waals surface area contributed by atoms with Crippen LogP contribution in [0.2, 0.25) is 0 Å². The highest BCUT2D eigenvalue weighted by Crippen LogP contribution is 2.12. The van der Waals surface area contributed by atoms with Crippen LogP contribution in [0.1, 0.15) is 12.8 Å². The molecule has 1 N–H and O–H groups in total. The summed E-state index contributed by atoms with van der Waals surface area (Å²) >= 11 is 0. The molecule has 0 aliphatic rings. The number of nitrogens with one attached hydrogen (secondary N) is 1. The van der Waals surface area contributed by atoms with Crippen molar-refractivity contribution in [1.82, 2.24) is 5.48 Å². The van der Waals surface area contributed by atoms with E-state index in [0.29, 0.717) is 12.8 Å². The second-order valence-electron chi connectivity index (χ2n) is 2.45. The summed E-state index contributed by atoms with van der Waals surface area (Å²) in [5, 5.41) is -0.602. The molecule has 0 radical (unpaired) electrons. The van der Waals surface area contributed by atoms with Crippen LogP contribution in [0.25, 0.3) is 0 Å². The molecule has 0 aliphatic heterocycles. The van der Waals surface area contributed by atoms with E-state index in [9.17, 15) is 8.42 Å². The van der Waals surface area contributed by atoms with E-state index in [1.54, 1.807) is 12.2 Å². The number of hydrogen-bond acceptors (Lipinski definition) is 4. The highest BCUT2D eigenvalue weighted by molar-refractivity contribution is 7.87. The molecule has 0 heterocycles. The van der Waals surface area contributed by atoms with Crippen LogP contribution < -0.4 is 5.48 Å². The van der Waals surface area contributed by atoms with E-state index < -0.39 is 15.4 Å². The summed E-state index contributed by atoms with van der Waals surface area (Å²) in [5.41, 5.74) is 2.15. The van der Waals surface area contributed by atoms with Gasteiger partial charge in [0.1, 0.15) is 0 Å². The van der Waals surface area contributed by atoms with E-state index >= 15 is 0 Å². The number of hydroxylamine groups is 1. The summed E-state index contributed by atoms with van der Waals surface area (Å²) < 4.78 is 27.1. The van der Waals surface area contributed by atoms with Crippen LogP contribution in [0, 0.1) is 0 Å². The van der Waals surface area contributed by atoms with Crippen molar-refractivity contribution in [2.45, 2.75) is 18.1 Å². The van der Waals surface area contributed by atoms with Gasteiger partial charge in [-0.15, -0.1) is 13.2 Å². The normalized spacial score (nSPS) is 11.5. The molecule has 0 atom stereocenters. The van der Waals surface area contributed by atoms with Crippen molar-refractivity contribution in [3.63, 3.8) is 0 Å². The molecule has 13 heavy (non-hydrogen) atoms. The van der Waals surface area contributed by atoms with E-state index in [1.165, 1.54) is 7.05 Å². The lowest BCUT2D eigenvalue weighted by molar-refractivity contribution is 0.227. The third kappa shape index (κ3) is 4.21. The van der Waals surface area contributed by atoms with Gasteiger partial charge in [0.05, 0.1) is 5.25 Å². The molecule has 0 fully saturated rings. The molecular formula is C8H15NO3S. The number of hydrogen-bond donors (Lipinski definition) is 1. The molecular weight excluding hydrogens is 190 g/mol. The van der Waals surface area contributed by atoms with Crippen molar-refractivity contribution >= 4 is 10.1 Å². The summed E-state index contributed by atoms with van der Waals surface area (Å²) in [6.07, 6.45) is 3.81. The van der Waals surface area contributed by atoms with Crippen LogP contribution in [0.3, 0.4) is 0 Å². The Hall–Kier alpha value is -0.650. The first kappa shape index (κ1) is 12.3. The monoisotopic (exact) mass is 205 g/mol. The molecule has 0 aromatic rings. The minimum Gasteiger partial charge on any atom is -0.198 e. The molecule has 0 aromatic heterocycles. The zero-order valence-electron chi connectivity index (χ0n) is 7.69. The molecule has 76 valence electrons. The first-order valence-electron chi connectivity index (χ1n) is 3.89. The summed E-state index contributed by atoms with van der Waals surface area (Å²) in [4.78, 5) is 0. The van der Waals surface area contributed by atoms with Gasteiger partial charge in [-0.2, -0.15) is 18.2 Å². The standard InChI is InChI=1S/C8H15NO3S/c1-4-6-8(7-5-2)13(10,11)12-9-3/h4-5,8-9H,1-2,6-7H2,3H3. The fraction of sp³-hybridized carbons (Fsp3) is 0.500. The molecule has 0 saturated heterocycles. The Labute approximate surface area is 79.4 Å². The van der Waals surface area contributed by atoms with Crippen LogP contribution in [0.15, 0.2) is 25.3 Å². The number of rotatable bonds is 7. The lowest BCUT2D eigenvalue weighted by Gasteiger charge is -2.12. The van der Waals surface area contributed by atoms with E-state index in [0.717, 1.165) is 0 Å². The predicted octanol–water partition coefficient (Wildman–Crippen LogP) is 0.988. The molecule has 0 rings (SSSR count). The molecule has 0 unspecified atom stereocenters. The fourth-order valence-corrected chi connectivity index (χ4v) is 2.00.